The number of rotatable bonds is 2. The molecular formula is C18H19FN4O2. The van der Waals surface area contributed by atoms with Gasteiger partial charge >= 0.3 is 0 Å². The van der Waals surface area contributed by atoms with Gasteiger partial charge in [0.15, 0.2) is 0 Å². The molecule has 130 valence electrons. The number of halogens is 1. The number of fused-ring (bicyclic) bond motifs is 1. The van der Waals surface area contributed by atoms with Gasteiger partial charge in [0, 0.05) is 29.3 Å². The van der Waals surface area contributed by atoms with Gasteiger partial charge in [0.05, 0.1) is 13.2 Å². The minimum atomic E-state index is -0.316. The molecule has 0 spiro atoms. The van der Waals surface area contributed by atoms with Gasteiger partial charge in [-0.25, -0.2) is 9.37 Å². The lowest BCUT2D eigenvalue weighted by Crippen LogP contribution is -2.44. The number of hydrogen-bond acceptors (Lipinski definition) is 3. The summed E-state index contributed by atoms with van der Waals surface area (Å²) in [5.41, 5.74) is 2.92. The predicted octanol–water partition coefficient (Wildman–Crippen LogP) is 2.86. The number of ether oxygens (including phenoxy) is 1. The Hall–Kier alpha value is -2.67. The highest BCUT2D eigenvalue weighted by Crippen LogP contribution is 2.28. The molecule has 2 aromatic heterocycles. The fraction of sp³-hybridized carbons (Fsp3) is 0.333. The number of nitrogens with one attached hydrogen (secondary N) is 2. The van der Waals surface area contributed by atoms with E-state index in [1.54, 1.807) is 17.2 Å². The molecule has 1 atom stereocenters. The average Bonchev–Trinajstić information content (AvgIpc) is 3.18. The first-order valence-corrected chi connectivity index (χ1v) is 8.22. The zero-order chi connectivity index (χ0) is 17.6. The van der Waals surface area contributed by atoms with Crippen LogP contribution in [-0.2, 0) is 4.74 Å². The molecule has 1 aliphatic heterocycles. The summed E-state index contributed by atoms with van der Waals surface area (Å²) >= 11 is 0. The maximum atomic E-state index is 13.5. The summed E-state index contributed by atoms with van der Waals surface area (Å²) < 4.78 is 19.1. The van der Waals surface area contributed by atoms with Crippen molar-refractivity contribution in [2.45, 2.75) is 19.9 Å². The van der Waals surface area contributed by atoms with Crippen molar-refractivity contribution in [1.82, 2.24) is 19.9 Å². The number of hydrogen-bond donors (Lipinski definition) is 2. The molecule has 1 saturated heterocycles. The zero-order valence-electron chi connectivity index (χ0n) is 14.1. The Kier molecular flexibility index (Phi) is 3.80. The number of aromatic nitrogens is 3. The van der Waals surface area contributed by atoms with E-state index in [0.717, 1.165) is 22.2 Å². The Morgan fingerprint density at radius 2 is 2.20 bits per heavy atom. The summed E-state index contributed by atoms with van der Waals surface area (Å²) in [6, 6.07) is 4.22. The Morgan fingerprint density at radius 1 is 1.36 bits per heavy atom. The third kappa shape index (κ3) is 2.70. The normalized spacial score (nSPS) is 18.0. The van der Waals surface area contributed by atoms with Gasteiger partial charge in [-0.2, -0.15) is 0 Å². The standard InChI is InChI=1S/C18H19FN4O2/c1-10-8-20-17(21-10)15-9-25-6-5-23(15)18(24)16-11(2)13-7-12(19)3-4-14(13)22-16/h3-4,7-8,15,22H,5-6,9H2,1-2H3,(H,20,21). The largest absolute Gasteiger partial charge is 0.377 e. The number of carbonyl (C=O) groups excluding carboxylic acids is 1. The zero-order valence-corrected chi connectivity index (χ0v) is 14.1. The number of nitrogens with zero attached hydrogens (tertiary/aromatic N) is 2. The number of amides is 1. The van der Waals surface area contributed by atoms with Crippen molar-refractivity contribution < 1.29 is 13.9 Å². The lowest BCUT2D eigenvalue weighted by Gasteiger charge is -2.34. The maximum absolute atomic E-state index is 13.5. The van der Waals surface area contributed by atoms with Crippen LogP contribution in [-0.4, -0.2) is 45.5 Å². The van der Waals surface area contributed by atoms with Gasteiger partial charge in [-0.3, -0.25) is 4.79 Å². The van der Waals surface area contributed by atoms with Crippen LogP contribution in [0.4, 0.5) is 4.39 Å². The molecule has 0 bridgehead atoms. The fourth-order valence-corrected chi connectivity index (χ4v) is 3.33. The smallest absolute Gasteiger partial charge is 0.271 e. The van der Waals surface area contributed by atoms with E-state index in [2.05, 4.69) is 15.0 Å². The molecule has 3 aromatic rings. The second-order valence-corrected chi connectivity index (χ2v) is 6.36. The van der Waals surface area contributed by atoms with Crippen LogP contribution in [0.3, 0.4) is 0 Å². The molecule has 7 heteroatoms. The monoisotopic (exact) mass is 342 g/mol. The summed E-state index contributed by atoms with van der Waals surface area (Å²) in [6.45, 7) is 5.11. The molecule has 6 nitrogen and oxygen atoms in total. The number of H-pyrrole nitrogens is 2. The molecule has 1 unspecified atom stereocenters. The molecule has 2 N–H and O–H groups in total. The highest BCUT2D eigenvalue weighted by atomic mass is 19.1. The number of aromatic amines is 2. The topological polar surface area (TPSA) is 74.0 Å². The average molecular weight is 342 g/mol. The summed E-state index contributed by atoms with van der Waals surface area (Å²) in [7, 11) is 0. The summed E-state index contributed by atoms with van der Waals surface area (Å²) in [6.07, 6.45) is 1.74. The van der Waals surface area contributed by atoms with Gasteiger partial charge in [-0.1, -0.05) is 0 Å². The van der Waals surface area contributed by atoms with Crippen LogP contribution in [0.1, 0.15) is 33.6 Å². The van der Waals surface area contributed by atoms with Crippen LogP contribution < -0.4 is 0 Å². The number of imidazole rings is 1. The molecule has 25 heavy (non-hydrogen) atoms. The quantitative estimate of drug-likeness (QED) is 0.752. The Bertz CT molecular complexity index is 946. The molecule has 1 aromatic carbocycles. The number of carbonyl (C=O) groups is 1. The van der Waals surface area contributed by atoms with Gasteiger partial charge in [0.25, 0.3) is 5.91 Å². The van der Waals surface area contributed by atoms with Crippen LogP contribution >= 0.6 is 0 Å². The third-order valence-electron chi connectivity index (χ3n) is 4.66. The predicted molar refractivity (Wildman–Crippen MR) is 90.9 cm³/mol. The highest BCUT2D eigenvalue weighted by Gasteiger charge is 2.32. The minimum Gasteiger partial charge on any atom is -0.377 e. The van der Waals surface area contributed by atoms with Gasteiger partial charge < -0.3 is 19.6 Å². The summed E-state index contributed by atoms with van der Waals surface area (Å²) in [5.74, 6) is 0.269. The maximum Gasteiger partial charge on any atom is 0.271 e. The van der Waals surface area contributed by atoms with Crippen molar-refractivity contribution in [3.63, 3.8) is 0 Å². The van der Waals surface area contributed by atoms with Crippen LogP contribution in [0.25, 0.3) is 10.9 Å². The van der Waals surface area contributed by atoms with E-state index in [4.69, 9.17) is 4.74 Å². The van der Waals surface area contributed by atoms with Crippen molar-refractivity contribution in [3.05, 3.63) is 53.0 Å². The summed E-state index contributed by atoms with van der Waals surface area (Å²) in [5, 5.41) is 0.724. The molecule has 1 amide bonds. The SMILES string of the molecule is Cc1cnc(C2COCCN2C(=O)c2[nH]c3ccc(F)cc3c2C)[nH]1. The Morgan fingerprint density at radius 3 is 2.96 bits per heavy atom. The first-order valence-electron chi connectivity index (χ1n) is 8.22. The van der Waals surface area contributed by atoms with E-state index >= 15 is 0 Å². The second-order valence-electron chi connectivity index (χ2n) is 6.36. The van der Waals surface area contributed by atoms with Crippen molar-refractivity contribution >= 4 is 16.8 Å². The number of benzene rings is 1. The molecule has 3 heterocycles. The Balaban J connectivity index is 1.72. The van der Waals surface area contributed by atoms with Crippen molar-refractivity contribution in [1.29, 1.82) is 0 Å². The first-order chi connectivity index (χ1) is 12.0. The van der Waals surface area contributed by atoms with Crippen LogP contribution in [0.5, 0.6) is 0 Å². The molecular weight excluding hydrogens is 323 g/mol. The molecule has 0 saturated carbocycles. The van der Waals surface area contributed by atoms with E-state index in [1.807, 2.05) is 13.8 Å². The van der Waals surface area contributed by atoms with E-state index in [9.17, 15) is 9.18 Å². The van der Waals surface area contributed by atoms with Gasteiger partial charge in [-0.05, 0) is 37.6 Å². The molecule has 1 aliphatic rings. The Labute approximate surface area is 144 Å². The van der Waals surface area contributed by atoms with E-state index in [-0.39, 0.29) is 17.8 Å². The molecule has 4 rings (SSSR count). The van der Waals surface area contributed by atoms with Crippen LogP contribution in [0.2, 0.25) is 0 Å². The number of morpholine rings is 1. The van der Waals surface area contributed by atoms with E-state index in [0.29, 0.717) is 31.3 Å². The van der Waals surface area contributed by atoms with Crippen molar-refractivity contribution in [3.8, 4) is 0 Å². The molecule has 0 aliphatic carbocycles. The highest BCUT2D eigenvalue weighted by molar-refractivity contribution is 6.01. The minimum absolute atomic E-state index is 0.128. The van der Waals surface area contributed by atoms with Gasteiger partial charge in [0.1, 0.15) is 23.4 Å². The van der Waals surface area contributed by atoms with E-state index in [1.165, 1.54) is 12.1 Å². The molecule has 0 radical (unpaired) electrons. The molecule has 1 fully saturated rings. The van der Waals surface area contributed by atoms with Crippen LogP contribution in [0.15, 0.2) is 24.4 Å². The lowest BCUT2D eigenvalue weighted by atomic mass is 10.1. The van der Waals surface area contributed by atoms with Gasteiger partial charge in [0.2, 0.25) is 0 Å². The van der Waals surface area contributed by atoms with Crippen LogP contribution in [0, 0.1) is 19.7 Å². The van der Waals surface area contributed by atoms with Crippen molar-refractivity contribution in [2.75, 3.05) is 19.8 Å². The lowest BCUT2D eigenvalue weighted by molar-refractivity contribution is -0.00530. The third-order valence-corrected chi connectivity index (χ3v) is 4.66. The second kappa shape index (κ2) is 6.00. The summed E-state index contributed by atoms with van der Waals surface area (Å²) in [4.78, 5) is 25.6. The van der Waals surface area contributed by atoms with E-state index < -0.39 is 0 Å². The van der Waals surface area contributed by atoms with Crippen molar-refractivity contribution in [2.24, 2.45) is 0 Å². The first kappa shape index (κ1) is 15.8. The van der Waals surface area contributed by atoms with Gasteiger partial charge in [-0.15, -0.1) is 0 Å². The number of aryl methyl sites for hydroxylation is 2. The fourth-order valence-electron chi connectivity index (χ4n) is 3.33.